The van der Waals surface area contributed by atoms with E-state index in [9.17, 15) is 9.59 Å². The Labute approximate surface area is 149 Å². The first-order valence-corrected chi connectivity index (χ1v) is 7.99. The van der Waals surface area contributed by atoms with Gasteiger partial charge in [-0.15, -0.1) is 0 Å². The summed E-state index contributed by atoms with van der Waals surface area (Å²) in [4.78, 5) is 26.1. The first kappa shape index (κ1) is 16.6. The number of hydrogen-bond donors (Lipinski definition) is 1. The van der Waals surface area contributed by atoms with Crippen LogP contribution in [0.1, 0.15) is 6.42 Å². The molecule has 0 aromatic heterocycles. The molecule has 24 heavy (non-hydrogen) atoms. The van der Waals surface area contributed by atoms with E-state index < -0.39 is 6.04 Å². The van der Waals surface area contributed by atoms with Crippen LogP contribution in [0.3, 0.4) is 0 Å². The van der Waals surface area contributed by atoms with Crippen molar-refractivity contribution >= 4 is 46.4 Å². The molecular weight excluding hydrogens is 351 g/mol. The first-order valence-electron chi connectivity index (χ1n) is 7.23. The number of amides is 2. The molecule has 0 saturated carbocycles. The average molecular weight is 365 g/mol. The lowest BCUT2D eigenvalue weighted by Crippen LogP contribution is -2.35. The smallest absolute Gasteiger partial charge is 0.256 e. The predicted octanol–water partition coefficient (Wildman–Crippen LogP) is 3.75. The van der Waals surface area contributed by atoms with Gasteiger partial charge in [0.1, 0.15) is 11.8 Å². The standard InChI is InChI=1S/C17H14Cl2N2O3/c1-24-14-8-3-2-6-11(14)20-12-9-15(22)21(17(12)23)13-7-4-5-10(18)16(13)19/h2-8,12,20H,9H2,1H3/t12-/m0/s1. The van der Waals surface area contributed by atoms with Gasteiger partial charge in [-0.1, -0.05) is 41.4 Å². The van der Waals surface area contributed by atoms with E-state index in [0.29, 0.717) is 17.1 Å². The van der Waals surface area contributed by atoms with Gasteiger partial charge in [-0.25, -0.2) is 4.90 Å². The number of imide groups is 1. The van der Waals surface area contributed by atoms with Crippen molar-refractivity contribution in [2.24, 2.45) is 0 Å². The minimum absolute atomic E-state index is 0.0275. The highest BCUT2D eigenvalue weighted by atomic mass is 35.5. The second kappa shape index (κ2) is 6.71. The number of hydrogen-bond acceptors (Lipinski definition) is 4. The molecule has 3 rings (SSSR count). The summed E-state index contributed by atoms with van der Waals surface area (Å²) in [5.41, 5.74) is 0.939. The fourth-order valence-electron chi connectivity index (χ4n) is 2.61. The normalized spacial score (nSPS) is 17.3. The Balaban J connectivity index is 1.88. The van der Waals surface area contributed by atoms with Gasteiger partial charge in [-0.3, -0.25) is 9.59 Å². The van der Waals surface area contributed by atoms with E-state index in [0.717, 1.165) is 4.90 Å². The summed E-state index contributed by atoms with van der Waals surface area (Å²) < 4.78 is 5.25. The van der Waals surface area contributed by atoms with Crippen LogP contribution in [-0.2, 0) is 9.59 Å². The van der Waals surface area contributed by atoms with Crippen molar-refractivity contribution in [1.82, 2.24) is 0 Å². The lowest BCUT2D eigenvalue weighted by Gasteiger charge is -2.18. The Morgan fingerprint density at radius 3 is 2.62 bits per heavy atom. The number of rotatable bonds is 4. The zero-order valence-corrected chi connectivity index (χ0v) is 14.3. The molecule has 124 valence electrons. The fraction of sp³-hybridized carbons (Fsp3) is 0.176. The molecular formula is C17H14Cl2N2O3. The van der Waals surface area contributed by atoms with E-state index in [-0.39, 0.29) is 28.3 Å². The molecule has 0 aliphatic carbocycles. The van der Waals surface area contributed by atoms with Gasteiger partial charge in [0.05, 0.1) is 35.0 Å². The highest BCUT2D eigenvalue weighted by Gasteiger charge is 2.40. The zero-order valence-electron chi connectivity index (χ0n) is 12.8. The quantitative estimate of drug-likeness (QED) is 0.839. The number of methoxy groups -OCH3 is 1. The monoisotopic (exact) mass is 364 g/mol. The third-order valence-corrected chi connectivity index (χ3v) is 4.56. The van der Waals surface area contributed by atoms with Crippen molar-refractivity contribution in [3.63, 3.8) is 0 Å². The van der Waals surface area contributed by atoms with Crippen LogP contribution in [-0.4, -0.2) is 25.0 Å². The van der Waals surface area contributed by atoms with Crippen molar-refractivity contribution in [2.45, 2.75) is 12.5 Å². The lowest BCUT2D eigenvalue weighted by molar-refractivity contribution is -0.121. The number of anilines is 2. The maximum atomic E-state index is 12.7. The number of nitrogens with one attached hydrogen (secondary N) is 1. The van der Waals surface area contributed by atoms with Crippen molar-refractivity contribution in [2.75, 3.05) is 17.3 Å². The van der Waals surface area contributed by atoms with Gasteiger partial charge >= 0.3 is 0 Å². The van der Waals surface area contributed by atoms with Gasteiger partial charge in [0.2, 0.25) is 5.91 Å². The summed E-state index contributed by atoms with van der Waals surface area (Å²) in [5.74, 6) is -0.122. The molecule has 5 nitrogen and oxygen atoms in total. The van der Waals surface area contributed by atoms with Gasteiger partial charge in [0, 0.05) is 0 Å². The number of benzene rings is 2. The van der Waals surface area contributed by atoms with E-state index in [1.807, 2.05) is 12.1 Å². The minimum atomic E-state index is -0.691. The van der Waals surface area contributed by atoms with E-state index >= 15 is 0 Å². The van der Waals surface area contributed by atoms with Gasteiger partial charge < -0.3 is 10.1 Å². The van der Waals surface area contributed by atoms with Crippen molar-refractivity contribution in [3.05, 3.63) is 52.5 Å². The highest BCUT2D eigenvalue weighted by molar-refractivity contribution is 6.45. The molecule has 1 N–H and O–H groups in total. The Morgan fingerprint density at radius 2 is 1.88 bits per heavy atom. The van der Waals surface area contributed by atoms with Crippen LogP contribution in [0, 0.1) is 0 Å². The van der Waals surface area contributed by atoms with Crippen LogP contribution in [0.15, 0.2) is 42.5 Å². The molecule has 1 aliphatic heterocycles. The van der Waals surface area contributed by atoms with Crippen molar-refractivity contribution in [3.8, 4) is 5.75 Å². The predicted molar refractivity (Wildman–Crippen MR) is 94.0 cm³/mol. The molecule has 2 amide bonds. The Morgan fingerprint density at radius 1 is 1.12 bits per heavy atom. The molecule has 7 heteroatoms. The van der Waals surface area contributed by atoms with Gasteiger partial charge in [0.15, 0.2) is 0 Å². The second-order valence-electron chi connectivity index (χ2n) is 5.24. The van der Waals surface area contributed by atoms with Crippen LogP contribution < -0.4 is 15.0 Å². The number of carbonyl (C=O) groups excluding carboxylic acids is 2. The Bertz CT molecular complexity index is 810. The van der Waals surface area contributed by atoms with Crippen molar-refractivity contribution < 1.29 is 14.3 Å². The van der Waals surface area contributed by atoms with Crippen molar-refractivity contribution in [1.29, 1.82) is 0 Å². The van der Waals surface area contributed by atoms with Gasteiger partial charge in [-0.2, -0.15) is 0 Å². The Kier molecular flexibility index (Phi) is 4.64. The topological polar surface area (TPSA) is 58.6 Å². The van der Waals surface area contributed by atoms with Gasteiger partial charge in [0.25, 0.3) is 5.91 Å². The largest absolute Gasteiger partial charge is 0.495 e. The van der Waals surface area contributed by atoms with Crippen LogP contribution in [0.2, 0.25) is 10.0 Å². The molecule has 2 aromatic rings. The number of para-hydroxylation sites is 2. The summed E-state index contributed by atoms with van der Waals surface area (Å²) >= 11 is 12.1. The van der Waals surface area contributed by atoms with Gasteiger partial charge in [-0.05, 0) is 24.3 Å². The highest BCUT2D eigenvalue weighted by Crippen LogP contribution is 2.36. The second-order valence-corrected chi connectivity index (χ2v) is 6.03. The molecule has 0 bridgehead atoms. The van der Waals surface area contributed by atoms with E-state index in [1.165, 1.54) is 0 Å². The minimum Gasteiger partial charge on any atom is -0.495 e. The zero-order chi connectivity index (χ0) is 17.3. The third kappa shape index (κ3) is 2.92. The summed E-state index contributed by atoms with van der Waals surface area (Å²) in [5, 5.41) is 3.53. The average Bonchev–Trinajstić information content (AvgIpc) is 2.85. The SMILES string of the molecule is COc1ccccc1N[C@H]1CC(=O)N(c2cccc(Cl)c2Cl)C1=O. The molecule has 1 aliphatic rings. The van der Waals surface area contributed by atoms with E-state index in [2.05, 4.69) is 5.32 Å². The van der Waals surface area contributed by atoms with E-state index in [1.54, 1.807) is 37.4 Å². The van der Waals surface area contributed by atoms with E-state index in [4.69, 9.17) is 27.9 Å². The number of halogens is 2. The summed E-state index contributed by atoms with van der Waals surface area (Å²) in [7, 11) is 1.54. The maximum Gasteiger partial charge on any atom is 0.256 e. The summed E-state index contributed by atoms with van der Waals surface area (Å²) in [6, 6.07) is 11.3. The fourth-order valence-corrected chi connectivity index (χ4v) is 2.99. The van der Waals surface area contributed by atoms with Crippen LogP contribution >= 0.6 is 23.2 Å². The Hall–Kier alpha value is -2.24. The van der Waals surface area contributed by atoms with Crippen LogP contribution in [0.5, 0.6) is 5.75 Å². The molecule has 1 atom stereocenters. The molecule has 2 aromatic carbocycles. The summed E-state index contributed by atoms with van der Waals surface area (Å²) in [6.45, 7) is 0. The molecule has 0 radical (unpaired) electrons. The summed E-state index contributed by atoms with van der Waals surface area (Å²) in [6.07, 6.45) is 0.0275. The molecule has 1 fully saturated rings. The molecule has 0 spiro atoms. The molecule has 0 unspecified atom stereocenters. The maximum absolute atomic E-state index is 12.7. The third-order valence-electron chi connectivity index (χ3n) is 3.76. The van der Waals surface area contributed by atoms with Crippen LogP contribution in [0.4, 0.5) is 11.4 Å². The lowest BCUT2D eigenvalue weighted by atomic mass is 10.2. The molecule has 1 heterocycles. The number of ether oxygens (including phenoxy) is 1. The first-order chi connectivity index (χ1) is 11.5. The van der Waals surface area contributed by atoms with Crippen LogP contribution in [0.25, 0.3) is 0 Å². The number of carbonyl (C=O) groups is 2. The molecule has 1 saturated heterocycles. The number of nitrogens with zero attached hydrogens (tertiary/aromatic N) is 1.